The van der Waals surface area contributed by atoms with Crippen molar-refractivity contribution < 1.29 is 8.42 Å². The van der Waals surface area contributed by atoms with Crippen LogP contribution in [0.2, 0.25) is 10.0 Å². The predicted molar refractivity (Wildman–Crippen MR) is 86.5 cm³/mol. The summed E-state index contributed by atoms with van der Waals surface area (Å²) >= 11 is 11.8. The predicted octanol–water partition coefficient (Wildman–Crippen LogP) is 3.14. The molecule has 1 aliphatic carbocycles. The van der Waals surface area contributed by atoms with Crippen molar-refractivity contribution in [1.29, 1.82) is 0 Å². The second-order valence-corrected chi connectivity index (χ2v) is 8.29. The van der Waals surface area contributed by atoms with E-state index in [4.69, 9.17) is 23.2 Å². The van der Waals surface area contributed by atoms with E-state index in [1.54, 1.807) is 7.05 Å². The van der Waals surface area contributed by atoms with Gasteiger partial charge in [0.05, 0.1) is 4.90 Å². The summed E-state index contributed by atoms with van der Waals surface area (Å²) in [5.41, 5.74) is 0. The topological polar surface area (TPSA) is 49.4 Å². The lowest BCUT2D eigenvalue weighted by Crippen LogP contribution is -2.42. The molecule has 1 N–H and O–H groups in total. The van der Waals surface area contributed by atoms with Gasteiger partial charge in [0.2, 0.25) is 10.0 Å². The molecule has 0 atom stereocenters. The van der Waals surface area contributed by atoms with Crippen LogP contribution in [0.15, 0.2) is 23.1 Å². The van der Waals surface area contributed by atoms with E-state index in [1.807, 2.05) is 7.05 Å². The zero-order valence-electron chi connectivity index (χ0n) is 12.1. The van der Waals surface area contributed by atoms with Crippen LogP contribution in [0, 0.1) is 0 Å². The number of hydrogen-bond donors (Lipinski definition) is 1. The van der Waals surface area contributed by atoms with Gasteiger partial charge in [-0.15, -0.1) is 0 Å². The molecule has 0 bridgehead atoms. The fraction of sp³-hybridized carbons (Fsp3) is 0.571. The maximum Gasteiger partial charge on any atom is 0.243 e. The molecule has 0 unspecified atom stereocenters. The SMILES string of the molecule is CNC1CCC(N(C)S(=O)(=O)c2cc(Cl)cc(Cl)c2)CC1. The highest BCUT2D eigenvalue weighted by Gasteiger charge is 2.31. The second kappa shape index (κ2) is 6.84. The van der Waals surface area contributed by atoms with E-state index < -0.39 is 10.0 Å². The van der Waals surface area contributed by atoms with Crippen molar-refractivity contribution in [1.82, 2.24) is 9.62 Å². The van der Waals surface area contributed by atoms with Gasteiger partial charge in [0.25, 0.3) is 0 Å². The van der Waals surface area contributed by atoms with Gasteiger partial charge in [0.15, 0.2) is 0 Å². The molecule has 1 aromatic rings. The highest BCUT2D eigenvalue weighted by molar-refractivity contribution is 7.89. The molecule has 7 heteroatoms. The molecule has 0 saturated heterocycles. The fourth-order valence-electron chi connectivity index (χ4n) is 2.77. The van der Waals surface area contributed by atoms with Crippen LogP contribution in [0.5, 0.6) is 0 Å². The van der Waals surface area contributed by atoms with Gasteiger partial charge in [-0.05, 0) is 50.9 Å². The van der Waals surface area contributed by atoms with Crippen LogP contribution in [0.3, 0.4) is 0 Å². The summed E-state index contributed by atoms with van der Waals surface area (Å²) in [4.78, 5) is 0.151. The third kappa shape index (κ3) is 3.90. The Kier molecular flexibility index (Phi) is 5.54. The molecule has 0 spiro atoms. The van der Waals surface area contributed by atoms with E-state index in [9.17, 15) is 8.42 Å². The standard InChI is InChI=1S/C14H20Cl2N2O2S/c1-17-12-3-5-13(6-4-12)18(2)21(19,20)14-8-10(15)7-11(16)9-14/h7-9,12-13,17H,3-6H2,1-2H3. The number of sulfonamides is 1. The Bertz CT molecular complexity index is 579. The average molecular weight is 351 g/mol. The Labute approximate surface area is 136 Å². The normalized spacial score (nSPS) is 23.5. The zero-order valence-corrected chi connectivity index (χ0v) is 14.5. The smallest absolute Gasteiger partial charge is 0.243 e. The van der Waals surface area contributed by atoms with Crippen molar-refractivity contribution in [3.63, 3.8) is 0 Å². The van der Waals surface area contributed by atoms with Gasteiger partial charge in [-0.25, -0.2) is 8.42 Å². The Balaban J connectivity index is 2.19. The molecule has 1 aliphatic rings. The van der Waals surface area contributed by atoms with Gasteiger partial charge >= 0.3 is 0 Å². The number of benzene rings is 1. The lowest BCUT2D eigenvalue weighted by molar-refractivity contribution is 0.255. The van der Waals surface area contributed by atoms with Crippen molar-refractivity contribution in [2.75, 3.05) is 14.1 Å². The van der Waals surface area contributed by atoms with Gasteiger partial charge in [-0.3, -0.25) is 0 Å². The molecule has 0 aliphatic heterocycles. The van der Waals surface area contributed by atoms with Crippen LogP contribution in [0.1, 0.15) is 25.7 Å². The molecule has 2 rings (SSSR count). The largest absolute Gasteiger partial charge is 0.317 e. The molecule has 21 heavy (non-hydrogen) atoms. The summed E-state index contributed by atoms with van der Waals surface area (Å²) in [5, 5.41) is 3.90. The average Bonchev–Trinajstić information content (AvgIpc) is 2.45. The van der Waals surface area contributed by atoms with Crippen molar-refractivity contribution in [2.45, 2.75) is 42.7 Å². The molecule has 118 valence electrons. The molecule has 0 aromatic heterocycles. The van der Waals surface area contributed by atoms with E-state index >= 15 is 0 Å². The van der Waals surface area contributed by atoms with Gasteiger partial charge in [-0.2, -0.15) is 4.31 Å². The molecule has 4 nitrogen and oxygen atoms in total. The zero-order chi connectivity index (χ0) is 15.6. The van der Waals surface area contributed by atoms with Crippen LogP contribution < -0.4 is 5.32 Å². The summed E-state index contributed by atoms with van der Waals surface area (Å²) in [6.07, 6.45) is 3.68. The van der Waals surface area contributed by atoms with Crippen LogP contribution in [-0.4, -0.2) is 38.9 Å². The van der Waals surface area contributed by atoms with Gasteiger partial charge in [0, 0.05) is 29.2 Å². The number of rotatable bonds is 4. The number of nitrogens with one attached hydrogen (secondary N) is 1. The highest BCUT2D eigenvalue weighted by atomic mass is 35.5. The first-order valence-corrected chi connectivity index (χ1v) is 9.15. The maximum atomic E-state index is 12.7. The lowest BCUT2D eigenvalue weighted by atomic mass is 9.91. The minimum atomic E-state index is -3.56. The third-order valence-electron chi connectivity index (χ3n) is 4.13. The van der Waals surface area contributed by atoms with Crippen molar-refractivity contribution in [3.8, 4) is 0 Å². The minimum absolute atomic E-state index is 0.0253. The monoisotopic (exact) mass is 350 g/mol. The van der Waals surface area contributed by atoms with Crippen LogP contribution >= 0.6 is 23.2 Å². The van der Waals surface area contributed by atoms with E-state index in [2.05, 4.69) is 5.32 Å². The molecule has 1 aromatic carbocycles. The Morgan fingerprint density at radius 3 is 2.10 bits per heavy atom. The number of nitrogens with zero attached hydrogens (tertiary/aromatic N) is 1. The Hall–Kier alpha value is -0.330. The molecule has 0 heterocycles. The molecular formula is C14H20Cl2N2O2S. The van der Waals surface area contributed by atoms with Crippen LogP contribution in [-0.2, 0) is 10.0 Å². The summed E-state index contributed by atoms with van der Waals surface area (Å²) in [5.74, 6) is 0. The van der Waals surface area contributed by atoms with Crippen LogP contribution in [0.25, 0.3) is 0 Å². The minimum Gasteiger partial charge on any atom is -0.317 e. The summed E-state index contributed by atoms with van der Waals surface area (Å²) in [7, 11) is 0.0135. The van der Waals surface area contributed by atoms with Crippen molar-refractivity contribution in [3.05, 3.63) is 28.2 Å². The lowest BCUT2D eigenvalue weighted by Gasteiger charge is -2.33. The first-order chi connectivity index (χ1) is 9.84. The quantitative estimate of drug-likeness (QED) is 0.907. The summed E-state index contributed by atoms with van der Waals surface area (Å²) in [6, 6.07) is 4.92. The van der Waals surface area contributed by atoms with E-state index in [1.165, 1.54) is 22.5 Å². The molecular weight excluding hydrogens is 331 g/mol. The van der Waals surface area contributed by atoms with Crippen molar-refractivity contribution in [2.24, 2.45) is 0 Å². The summed E-state index contributed by atoms with van der Waals surface area (Å²) in [6.45, 7) is 0. The van der Waals surface area contributed by atoms with Gasteiger partial charge < -0.3 is 5.32 Å². The van der Waals surface area contributed by atoms with Crippen molar-refractivity contribution >= 4 is 33.2 Å². The Morgan fingerprint density at radius 2 is 1.62 bits per heavy atom. The highest BCUT2D eigenvalue weighted by Crippen LogP contribution is 2.29. The molecule has 1 saturated carbocycles. The first kappa shape index (κ1) is 17.0. The molecule has 0 amide bonds. The van der Waals surface area contributed by atoms with Gasteiger partial charge in [0.1, 0.15) is 0 Å². The van der Waals surface area contributed by atoms with E-state index in [-0.39, 0.29) is 10.9 Å². The number of halogens is 2. The van der Waals surface area contributed by atoms with E-state index in [0.717, 1.165) is 25.7 Å². The number of hydrogen-bond acceptors (Lipinski definition) is 3. The maximum absolute atomic E-state index is 12.7. The summed E-state index contributed by atoms with van der Waals surface area (Å²) < 4.78 is 26.8. The van der Waals surface area contributed by atoms with E-state index in [0.29, 0.717) is 16.1 Å². The molecule has 1 fully saturated rings. The fourth-order valence-corrected chi connectivity index (χ4v) is 4.91. The molecule has 0 radical (unpaired) electrons. The first-order valence-electron chi connectivity index (χ1n) is 6.96. The third-order valence-corrected chi connectivity index (χ3v) is 6.46. The van der Waals surface area contributed by atoms with Gasteiger partial charge in [-0.1, -0.05) is 23.2 Å². The second-order valence-electron chi connectivity index (χ2n) is 5.42. The van der Waals surface area contributed by atoms with Crippen LogP contribution in [0.4, 0.5) is 0 Å². The Morgan fingerprint density at radius 1 is 1.10 bits per heavy atom.